The Morgan fingerprint density at radius 1 is 1.14 bits per heavy atom. The number of hydrogen-bond donors (Lipinski definition) is 2. The zero-order chi connectivity index (χ0) is 26.6. The number of rotatable bonds is 6. The highest BCUT2D eigenvalue weighted by molar-refractivity contribution is 7.91. The highest BCUT2D eigenvalue weighted by atomic mass is 32.2. The second-order valence-corrected chi connectivity index (χ2v) is 12.2. The number of aromatic nitrogens is 1. The van der Waals surface area contributed by atoms with E-state index in [-0.39, 0.29) is 17.7 Å². The van der Waals surface area contributed by atoms with Crippen LogP contribution in [0.3, 0.4) is 0 Å². The van der Waals surface area contributed by atoms with Crippen LogP contribution in [-0.2, 0) is 14.6 Å². The van der Waals surface area contributed by atoms with E-state index in [1.54, 1.807) is 4.90 Å². The van der Waals surface area contributed by atoms with Crippen LogP contribution < -0.4 is 15.0 Å². The van der Waals surface area contributed by atoms with Crippen LogP contribution in [0.15, 0.2) is 30.5 Å². The number of nitriles is 1. The number of benzene rings is 1. The maximum atomic E-state index is 12.6. The van der Waals surface area contributed by atoms with Gasteiger partial charge in [-0.15, -0.1) is 0 Å². The van der Waals surface area contributed by atoms with Gasteiger partial charge in [0, 0.05) is 44.7 Å². The number of amides is 2. The van der Waals surface area contributed by atoms with Crippen molar-refractivity contribution in [3.8, 4) is 11.9 Å². The van der Waals surface area contributed by atoms with Crippen molar-refractivity contribution in [2.45, 2.75) is 38.5 Å². The van der Waals surface area contributed by atoms with E-state index in [1.165, 1.54) is 12.3 Å². The predicted molar refractivity (Wildman–Crippen MR) is 140 cm³/mol. The Labute approximate surface area is 217 Å². The zero-order valence-electron chi connectivity index (χ0n) is 21.2. The summed E-state index contributed by atoms with van der Waals surface area (Å²) in [4.78, 5) is 31.6. The monoisotopic (exact) mass is 527 g/mol. The Hall–Kier alpha value is -3.52. The van der Waals surface area contributed by atoms with Crippen LogP contribution in [0.1, 0.15) is 49.7 Å². The first kappa shape index (κ1) is 26.5. The summed E-state index contributed by atoms with van der Waals surface area (Å²) in [5.74, 6) is 0.277. The average molecular weight is 528 g/mol. The molecule has 1 aromatic carbocycles. The third-order valence-corrected chi connectivity index (χ3v) is 7.85. The van der Waals surface area contributed by atoms with Crippen LogP contribution in [0.4, 0.5) is 16.2 Å². The Balaban J connectivity index is 1.48. The van der Waals surface area contributed by atoms with Gasteiger partial charge >= 0.3 is 6.09 Å². The van der Waals surface area contributed by atoms with Crippen molar-refractivity contribution >= 4 is 33.2 Å². The number of hydrogen-bond acceptors (Lipinski definition) is 7. The van der Waals surface area contributed by atoms with E-state index < -0.39 is 21.7 Å². The van der Waals surface area contributed by atoms with Crippen LogP contribution in [0.2, 0.25) is 0 Å². The lowest BCUT2D eigenvalue weighted by Gasteiger charge is -2.35. The lowest BCUT2D eigenvalue weighted by molar-refractivity contribution is -0.129. The standard InChI is InChI=1S/C26H33N5O5S/c1-18-5-9-30(10-6-18)23-14-21(20-7-11-31(12-8-20)25(32)17-37(2,34)35)3-4-22(23)29-26(33)36-24-13-19(15-27)16-28-24/h3-4,13-14,16,18,20,28H,5-12,17H2,1-2H3,(H,29,33). The molecular formula is C26H33N5O5S. The number of anilines is 2. The van der Waals surface area contributed by atoms with Gasteiger partial charge < -0.3 is 19.5 Å². The van der Waals surface area contributed by atoms with Crippen LogP contribution in [0, 0.1) is 17.2 Å². The minimum Gasteiger partial charge on any atom is -0.393 e. The van der Waals surface area contributed by atoms with Gasteiger partial charge in [0.05, 0.1) is 16.9 Å². The summed E-state index contributed by atoms with van der Waals surface area (Å²) >= 11 is 0. The molecule has 2 amide bonds. The number of carbonyl (C=O) groups excluding carboxylic acids is 2. The number of likely N-dealkylation sites (tertiary alicyclic amines) is 1. The Morgan fingerprint density at radius 3 is 2.46 bits per heavy atom. The van der Waals surface area contributed by atoms with Gasteiger partial charge in [-0.2, -0.15) is 5.26 Å². The maximum absolute atomic E-state index is 12.6. The van der Waals surface area contributed by atoms with E-state index in [9.17, 15) is 18.0 Å². The summed E-state index contributed by atoms with van der Waals surface area (Å²) in [5, 5.41) is 11.8. The van der Waals surface area contributed by atoms with Crippen molar-refractivity contribution in [1.29, 1.82) is 5.26 Å². The first-order valence-electron chi connectivity index (χ1n) is 12.5. The molecule has 0 aliphatic carbocycles. The molecule has 2 N–H and O–H groups in total. The highest BCUT2D eigenvalue weighted by Crippen LogP contribution is 2.36. The molecule has 1 aromatic heterocycles. The molecule has 37 heavy (non-hydrogen) atoms. The molecule has 10 nitrogen and oxygen atoms in total. The van der Waals surface area contributed by atoms with Crippen LogP contribution >= 0.6 is 0 Å². The number of nitrogens with zero attached hydrogens (tertiary/aromatic N) is 3. The summed E-state index contributed by atoms with van der Waals surface area (Å²) in [6.07, 6.45) is 5.51. The quantitative estimate of drug-likeness (QED) is 0.587. The van der Waals surface area contributed by atoms with E-state index in [2.05, 4.69) is 28.2 Å². The highest BCUT2D eigenvalue weighted by Gasteiger charge is 2.27. The van der Waals surface area contributed by atoms with Gasteiger partial charge in [-0.05, 0) is 55.2 Å². The fourth-order valence-electron chi connectivity index (χ4n) is 4.93. The molecule has 2 aliphatic rings. The fourth-order valence-corrected chi connectivity index (χ4v) is 5.56. The van der Waals surface area contributed by atoms with Crippen LogP contribution in [0.5, 0.6) is 5.88 Å². The number of aromatic amines is 1. The normalized spacial score (nSPS) is 17.3. The smallest absolute Gasteiger partial charge is 0.393 e. The second kappa shape index (κ2) is 11.3. The number of piperidine rings is 2. The van der Waals surface area contributed by atoms with Crippen LogP contribution in [-0.4, -0.2) is 68.5 Å². The topological polar surface area (TPSA) is 136 Å². The summed E-state index contributed by atoms with van der Waals surface area (Å²) in [6, 6.07) is 9.44. The molecule has 0 bridgehead atoms. The molecule has 0 unspecified atom stereocenters. The summed E-state index contributed by atoms with van der Waals surface area (Å²) < 4.78 is 28.3. The molecule has 3 heterocycles. The van der Waals surface area contributed by atoms with E-state index in [4.69, 9.17) is 10.00 Å². The third kappa shape index (κ3) is 7.04. The van der Waals surface area contributed by atoms with E-state index in [1.807, 2.05) is 18.2 Å². The van der Waals surface area contributed by atoms with Gasteiger partial charge in [0.25, 0.3) is 0 Å². The molecule has 0 atom stereocenters. The lowest BCUT2D eigenvalue weighted by Crippen LogP contribution is -2.40. The molecular weight excluding hydrogens is 494 g/mol. The van der Waals surface area contributed by atoms with E-state index in [0.29, 0.717) is 30.3 Å². The summed E-state index contributed by atoms with van der Waals surface area (Å²) in [6.45, 7) is 5.05. The molecule has 2 aliphatic heterocycles. The van der Waals surface area contributed by atoms with Crippen molar-refractivity contribution < 1.29 is 22.7 Å². The van der Waals surface area contributed by atoms with E-state index in [0.717, 1.165) is 56.3 Å². The number of ether oxygens (including phenoxy) is 1. The van der Waals surface area contributed by atoms with Crippen molar-refractivity contribution in [2.75, 3.05) is 48.4 Å². The van der Waals surface area contributed by atoms with Gasteiger partial charge in [-0.1, -0.05) is 13.0 Å². The van der Waals surface area contributed by atoms with Crippen LogP contribution in [0.25, 0.3) is 0 Å². The number of sulfone groups is 1. The van der Waals surface area contributed by atoms with Gasteiger partial charge in [0.2, 0.25) is 11.8 Å². The largest absolute Gasteiger partial charge is 0.418 e. The van der Waals surface area contributed by atoms with Gasteiger partial charge in [-0.25, -0.2) is 13.2 Å². The lowest BCUT2D eigenvalue weighted by atomic mass is 9.88. The SMILES string of the molecule is CC1CCN(c2cc(C3CCN(C(=O)CS(C)(=O)=O)CC3)ccc2NC(=O)Oc2cc(C#N)c[nH]2)CC1. The molecule has 0 spiro atoms. The Kier molecular flexibility index (Phi) is 8.07. The molecule has 2 aromatic rings. The maximum Gasteiger partial charge on any atom is 0.418 e. The average Bonchev–Trinajstić information content (AvgIpc) is 3.31. The minimum atomic E-state index is -3.35. The zero-order valence-corrected chi connectivity index (χ0v) is 22.0. The first-order chi connectivity index (χ1) is 17.6. The van der Waals surface area contributed by atoms with Gasteiger partial charge in [-0.3, -0.25) is 10.1 Å². The fraction of sp³-hybridized carbons (Fsp3) is 0.500. The predicted octanol–water partition coefficient (Wildman–Crippen LogP) is 3.48. The van der Waals surface area contributed by atoms with Crippen molar-refractivity contribution in [1.82, 2.24) is 9.88 Å². The van der Waals surface area contributed by atoms with Crippen molar-refractivity contribution in [3.63, 3.8) is 0 Å². The number of H-pyrrole nitrogens is 1. The molecule has 4 rings (SSSR count). The molecule has 198 valence electrons. The number of nitrogens with one attached hydrogen (secondary N) is 2. The Bertz CT molecular complexity index is 1280. The number of carbonyl (C=O) groups is 2. The van der Waals surface area contributed by atoms with Gasteiger partial charge in [0.1, 0.15) is 11.8 Å². The molecule has 0 saturated carbocycles. The summed E-state index contributed by atoms with van der Waals surface area (Å²) in [7, 11) is -3.35. The molecule has 0 radical (unpaired) electrons. The van der Waals surface area contributed by atoms with Crippen molar-refractivity contribution in [3.05, 3.63) is 41.6 Å². The van der Waals surface area contributed by atoms with E-state index >= 15 is 0 Å². The summed E-state index contributed by atoms with van der Waals surface area (Å²) in [5.41, 5.74) is 3.09. The van der Waals surface area contributed by atoms with Crippen molar-refractivity contribution in [2.24, 2.45) is 5.92 Å². The third-order valence-electron chi connectivity index (χ3n) is 7.08. The first-order valence-corrected chi connectivity index (χ1v) is 14.6. The molecule has 11 heteroatoms. The minimum absolute atomic E-state index is 0.191. The Morgan fingerprint density at radius 2 is 1.84 bits per heavy atom. The molecule has 2 fully saturated rings. The second-order valence-electron chi connectivity index (χ2n) is 10.1. The molecule has 2 saturated heterocycles. The van der Waals surface area contributed by atoms with Gasteiger partial charge in [0.15, 0.2) is 9.84 Å².